The molecule has 9 heteroatoms. The van der Waals surface area contributed by atoms with Gasteiger partial charge < -0.3 is 5.32 Å². The molecule has 1 aliphatic carbocycles. The first-order valence-electron chi connectivity index (χ1n) is 5.95. The Hall–Kier alpha value is -1.19. The van der Waals surface area contributed by atoms with Gasteiger partial charge in [0, 0.05) is 19.2 Å². The fraction of sp³-hybridized carbons (Fsp3) is 0.600. The molecule has 1 aromatic heterocycles. The molecule has 106 valence electrons. The number of hydrogen-bond acceptors (Lipinski definition) is 6. The highest BCUT2D eigenvalue weighted by molar-refractivity contribution is 7.91. The van der Waals surface area contributed by atoms with Crippen LogP contribution in [-0.4, -0.2) is 26.4 Å². The molecule has 0 bridgehead atoms. The van der Waals surface area contributed by atoms with Gasteiger partial charge in [-0.2, -0.15) is 0 Å². The van der Waals surface area contributed by atoms with Crippen LogP contribution in [0.25, 0.3) is 0 Å². The van der Waals surface area contributed by atoms with Crippen LogP contribution in [0.1, 0.15) is 19.8 Å². The lowest BCUT2D eigenvalue weighted by Crippen LogP contribution is -2.25. The summed E-state index contributed by atoms with van der Waals surface area (Å²) in [4.78, 5) is 10.3. The van der Waals surface area contributed by atoms with Crippen LogP contribution in [0.3, 0.4) is 0 Å². The van der Waals surface area contributed by atoms with Crippen molar-refractivity contribution in [2.45, 2.75) is 24.0 Å². The molecule has 1 heterocycles. The van der Waals surface area contributed by atoms with E-state index in [1.807, 2.05) is 0 Å². The largest absolute Gasteiger partial charge is 0.372 e. The van der Waals surface area contributed by atoms with Gasteiger partial charge in [-0.05, 0) is 25.7 Å². The Balaban J connectivity index is 2.22. The molecule has 0 amide bonds. The Bertz CT molecular complexity index is 578. The molecule has 1 fully saturated rings. The van der Waals surface area contributed by atoms with E-state index < -0.39 is 14.9 Å². The van der Waals surface area contributed by atoms with Crippen molar-refractivity contribution in [3.63, 3.8) is 0 Å². The Morgan fingerprint density at radius 2 is 2.21 bits per heavy atom. The van der Waals surface area contributed by atoms with Gasteiger partial charge >= 0.3 is 5.69 Å². The summed E-state index contributed by atoms with van der Waals surface area (Å²) in [6.07, 6.45) is 2.07. The molecule has 0 spiro atoms. The highest BCUT2D eigenvalue weighted by Gasteiger charge is 2.28. The summed E-state index contributed by atoms with van der Waals surface area (Å²) in [5.74, 6) is 0.415. The zero-order valence-corrected chi connectivity index (χ0v) is 12.0. The summed E-state index contributed by atoms with van der Waals surface area (Å²) < 4.78 is 26.5. The van der Waals surface area contributed by atoms with Crippen molar-refractivity contribution in [1.82, 2.24) is 4.72 Å². The Morgan fingerprint density at radius 1 is 1.53 bits per heavy atom. The summed E-state index contributed by atoms with van der Waals surface area (Å²) in [5, 5.41) is 14.0. The van der Waals surface area contributed by atoms with Crippen molar-refractivity contribution in [2.75, 3.05) is 18.4 Å². The average molecular weight is 305 g/mol. The van der Waals surface area contributed by atoms with Crippen molar-refractivity contribution in [3.8, 4) is 0 Å². The van der Waals surface area contributed by atoms with Crippen molar-refractivity contribution >= 4 is 32.0 Å². The van der Waals surface area contributed by atoms with Crippen LogP contribution < -0.4 is 10.0 Å². The van der Waals surface area contributed by atoms with Gasteiger partial charge in [0.1, 0.15) is 4.21 Å². The molecule has 2 N–H and O–H groups in total. The lowest BCUT2D eigenvalue weighted by atomic mass is 10.4. The van der Waals surface area contributed by atoms with Crippen molar-refractivity contribution in [3.05, 3.63) is 16.2 Å². The summed E-state index contributed by atoms with van der Waals surface area (Å²) in [5.41, 5.74) is -0.196. The molecule has 1 saturated carbocycles. The maximum absolute atomic E-state index is 12.0. The Kier molecular flexibility index (Phi) is 4.07. The smallest absolute Gasteiger partial charge is 0.304 e. The fourth-order valence-corrected chi connectivity index (χ4v) is 4.09. The predicted octanol–water partition coefficient (Wildman–Crippen LogP) is 1.78. The van der Waals surface area contributed by atoms with E-state index in [2.05, 4.69) is 10.0 Å². The number of anilines is 1. The number of rotatable bonds is 7. The van der Waals surface area contributed by atoms with Gasteiger partial charge in [0.15, 0.2) is 5.00 Å². The van der Waals surface area contributed by atoms with Gasteiger partial charge in [0.05, 0.1) is 4.92 Å². The summed E-state index contributed by atoms with van der Waals surface area (Å²) in [6.45, 7) is 2.70. The molecule has 0 unspecified atom stereocenters. The molecule has 0 radical (unpaired) electrons. The lowest BCUT2D eigenvalue weighted by molar-refractivity contribution is -0.383. The fourth-order valence-electron chi connectivity index (χ4n) is 1.54. The van der Waals surface area contributed by atoms with Crippen LogP contribution >= 0.6 is 11.3 Å². The molecular formula is C10H15N3O4S2. The maximum Gasteiger partial charge on any atom is 0.304 e. The molecule has 1 aromatic rings. The van der Waals surface area contributed by atoms with Crippen molar-refractivity contribution < 1.29 is 13.3 Å². The molecule has 0 aromatic carbocycles. The minimum absolute atomic E-state index is 0.0178. The second-order valence-corrected chi connectivity index (χ2v) is 7.41. The second kappa shape index (κ2) is 5.43. The normalized spacial score (nSPS) is 15.4. The molecule has 1 aliphatic rings. The van der Waals surface area contributed by atoms with E-state index in [1.165, 1.54) is 0 Å². The number of nitrogens with zero attached hydrogens (tertiary/aromatic N) is 1. The zero-order chi connectivity index (χ0) is 14.0. The summed E-state index contributed by atoms with van der Waals surface area (Å²) in [6, 6.07) is 1.11. The lowest BCUT2D eigenvalue weighted by Gasteiger charge is -2.02. The minimum Gasteiger partial charge on any atom is -0.372 e. The molecule has 7 nitrogen and oxygen atoms in total. The molecular weight excluding hydrogens is 290 g/mol. The van der Waals surface area contributed by atoms with Gasteiger partial charge in [0.2, 0.25) is 10.0 Å². The van der Waals surface area contributed by atoms with Gasteiger partial charge in [-0.1, -0.05) is 11.3 Å². The monoisotopic (exact) mass is 305 g/mol. The Labute approximate surface area is 115 Å². The van der Waals surface area contributed by atoms with Crippen LogP contribution in [-0.2, 0) is 10.0 Å². The van der Waals surface area contributed by atoms with E-state index in [0.29, 0.717) is 19.0 Å². The standard InChI is InChI=1S/C10H15N3O4S2/c1-2-11-10-8(13(14)15)5-9(18-10)19(16,17)12-6-7-3-4-7/h5,7,11-12H,2-4,6H2,1H3. The second-order valence-electron chi connectivity index (χ2n) is 4.36. The SMILES string of the molecule is CCNc1sc(S(=O)(=O)NCC2CC2)cc1[N+](=O)[O-]. The first kappa shape index (κ1) is 14.2. The molecule has 0 saturated heterocycles. The third kappa shape index (κ3) is 3.43. The van der Waals surface area contributed by atoms with E-state index in [4.69, 9.17) is 0 Å². The maximum atomic E-state index is 12.0. The van der Waals surface area contributed by atoms with Gasteiger partial charge in [-0.3, -0.25) is 10.1 Å². The van der Waals surface area contributed by atoms with E-state index in [9.17, 15) is 18.5 Å². The molecule has 2 rings (SSSR count). The van der Waals surface area contributed by atoms with Crippen molar-refractivity contribution in [2.24, 2.45) is 5.92 Å². The van der Waals surface area contributed by atoms with Gasteiger partial charge in [-0.15, -0.1) is 0 Å². The highest BCUT2D eigenvalue weighted by Crippen LogP contribution is 2.37. The highest BCUT2D eigenvalue weighted by atomic mass is 32.2. The van der Waals surface area contributed by atoms with Crippen molar-refractivity contribution in [1.29, 1.82) is 0 Å². The average Bonchev–Trinajstić information content (AvgIpc) is 3.06. The van der Waals surface area contributed by atoms with Crippen LogP contribution in [0, 0.1) is 16.0 Å². The van der Waals surface area contributed by atoms with E-state index in [0.717, 1.165) is 30.2 Å². The zero-order valence-electron chi connectivity index (χ0n) is 10.4. The van der Waals surface area contributed by atoms with Gasteiger partial charge in [-0.25, -0.2) is 13.1 Å². The number of sulfonamides is 1. The first-order valence-corrected chi connectivity index (χ1v) is 8.25. The predicted molar refractivity (Wildman–Crippen MR) is 73.0 cm³/mol. The Morgan fingerprint density at radius 3 is 2.74 bits per heavy atom. The third-order valence-electron chi connectivity index (χ3n) is 2.75. The minimum atomic E-state index is -3.64. The van der Waals surface area contributed by atoms with Crippen LogP contribution in [0.15, 0.2) is 10.3 Å². The number of nitro groups is 1. The van der Waals surface area contributed by atoms with E-state index in [1.54, 1.807) is 6.92 Å². The molecule has 0 atom stereocenters. The third-order valence-corrected chi connectivity index (χ3v) is 5.73. The van der Waals surface area contributed by atoms with Crippen LogP contribution in [0.5, 0.6) is 0 Å². The quantitative estimate of drug-likeness (QED) is 0.590. The molecule has 19 heavy (non-hydrogen) atoms. The van der Waals surface area contributed by atoms with Gasteiger partial charge in [0.25, 0.3) is 0 Å². The molecule has 0 aliphatic heterocycles. The van der Waals surface area contributed by atoms with Crippen LogP contribution in [0.2, 0.25) is 0 Å². The van der Waals surface area contributed by atoms with Crippen LogP contribution in [0.4, 0.5) is 10.7 Å². The number of hydrogen-bond donors (Lipinski definition) is 2. The summed E-state index contributed by atoms with van der Waals surface area (Å²) in [7, 11) is -3.64. The summed E-state index contributed by atoms with van der Waals surface area (Å²) >= 11 is 0.888. The van der Waals surface area contributed by atoms with E-state index in [-0.39, 0.29) is 14.9 Å². The number of nitrogens with one attached hydrogen (secondary N) is 2. The van der Waals surface area contributed by atoms with E-state index >= 15 is 0 Å². The topological polar surface area (TPSA) is 101 Å². The number of thiophene rings is 1. The first-order chi connectivity index (χ1) is 8.94.